The summed E-state index contributed by atoms with van der Waals surface area (Å²) in [6.07, 6.45) is -0.00123. The van der Waals surface area contributed by atoms with Gasteiger partial charge in [-0.2, -0.15) is 0 Å². The highest BCUT2D eigenvalue weighted by Gasteiger charge is 2.39. The zero-order valence-corrected chi connectivity index (χ0v) is 13.2. The first-order valence-electron chi connectivity index (χ1n) is 7.18. The van der Waals surface area contributed by atoms with Crippen LogP contribution in [0.1, 0.15) is 16.8 Å². The van der Waals surface area contributed by atoms with Crippen LogP contribution in [-0.2, 0) is 9.59 Å². The average Bonchev–Trinajstić information content (AvgIpc) is 2.83. The van der Waals surface area contributed by atoms with Crippen LogP contribution in [0.3, 0.4) is 0 Å². The van der Waals surface area contributed by atoms with Gasteiger partial charge in [0, 0.05) is 10.7 Å². The summed E-state index contributed by atoms with van der Waals surface area (Å²) in [5.74, 6) is -1.92. The molecule has 2 N–H and O–H groups in total. The minimum atomic E-state index is -1.12. The van der Waals surface area contributed by atoms with Crippen molar-refractivity contribution in [3.8, 4) is 0 Å². The Labute approximate surface area is 142 Å². The number of benzene rings is 2. The van der Waals surface area contributed by atoms with E-state index in [0.29, 0.717) is 10.7 Å². The van der Waals surface area contributed by atoms with E-state index in [1.165, 1.54) is 24.3 Å². The normalized spacial score (nSPS) is 17.2. The largest absolute Gasteiger partial charge is 0.478 e. The van der Waals surface area contributed by atoms with Gasteiger partial charge < -0.3 is 10.4 Å². The predicted octanol–water partition coefficient (Wildman–Crippen LogP) is 2.78. The van der Waals surface area contributed by atoms with Crippen molar-refractivity contribution in [1.82, 2.24) is 0 Å². The molecule has 0 aliphatic carbocycles. The highest BCUT2D eigenvalue weighted by molar-refractivity contribution is 6.30. The molecule has 0 spiro atoms. The van der Waals surface area contributed by atoms with E-state index in [4.69, 9.17) is 16.7 Å². The maximum atomic E-state index is 12.5. The molecule has 0 bridgehead atoms. The number of carbonyl (C=O) groups excluding carboxylic acids is 2. The Morgan fingerprint density at radius 1 is 1.17 bits per heavy atom. The lowest BCUT2D eigenvalue weighted by Gasteiger charge is -2.16. The second-order valence-electron chi connectivity index (χ2n) is 5.33. The number of nitrogens with zero attached hydrogens (tertiary/aromatic N) is 1. The summed E-state index contributed by atoms with van der Waals surface area (Å²) in [4.78, 5) is 36.8. The Hall–Kier alpha value is -2.86. The van der Waals surface area contributed by atoms with Crippen molar-refractivity contribution in [3.63, 3.8) is 0 Å². The highest BCUT2D eigenvalue weighted by atomic mass is 35.5. The summed E-state index contributed by atoms with van der Waals surface area (Å²) in [6.45, 7) is 0. The highest BCUT2D eigenvalue weighted by Crippen LogP contribution is 2.26. The third-order valence-electron chi connectivity index (χ3n) is 3.68. The molecule has 7 heteroatoms. The quantitative estimate of drug-likeness (QED) is 0.833. The van der Waals surface area contributed by atoms with E-state index in [0.717, 1.165) is 4.90 Å². The van der Waals surface area contributed by atoms with E-state index < -0.39 is 17.9 Å². The number of imide groups is 1. The van der Waals surface area contributed by atoms with Crippen molar-refractivity contribution >= 4 is 40.8 Å². The van der Waals surface area contributed by atoms with Gasteiger partial charge in [0.1, 0.15) is 6.04 Å². The number of carboxylic acids is 1. The average molecular weight is 345 g/mol. The second-order valence-corrected chi connectivity index (χ2v) is 5.77. The van der Waals surface area contributed by atoms with E-state index in [1.54, 1.807) is 24.3 Å². The van der Waals surface area contributed by atoms with Crippen LogP contribution in [0, 0.1) is 0 Å². The minimum Gasteiger partial charge on any atom is -0.478 e. The van der Waals surface area contributed by atoms with Gasteiger partial charge in [-0.05, 0) is 42.5 Å². The molecular weight excluding hydrogens is 332 g/mol. The first-order valence-corrected chi connectivity index (χ1v) is 7.56. The van der Waals surface area contributed by atoms with Crippen LogP contribution in [0.15, 0.2) is 48.5 Å². The van der Waals surface area contributed by atoms with Gasteiger partial charge in [0.2, 0.25) is 5.91 Å². The summed E-state index contributed by atoms with van der Waals surface area (Å²) in [7, 11) is 0. The maximum Gasteiger partial charge on any atom is 0.335 e. The molecule has 1 atom stereocenters. The third-order valence-corrected chi connectivity index (χ3v) is 3.94. The van der Waals surface area contributed by atoms with E-state index in [-0.39, 0.29) is 23.6 Å². The van der Waals surface area contributed by atoms with Crippen LogP contribution in [0.4, 0.5) is 11.4 Å². The number of amides is 2. The Bertz CT molecular complexity index is 820. The Morgan fingerprint density at radius 2 is 1.88 bits per heavy atom. The number of nitrogens with one attached hydrogen (secondary N) is 1. The number of aromatic carboxylic acids is 1. The number of carbonyl (C=O) groups is 3. The van der Waals surface area contributed by atoms with Gasteiger partial charge in [-0.25, -0.2) is 9.69 Å². The van der Waals surface area contributed by atoms with Gasteiger partial charge in [-0.15, -0.1) is 0 Å². The smallest absolute Gasteiger partial charge is 0.335 e. The Morgan fingerprint density at radius 3 is 2.54 bits per heavy atom. The van der Waals surface area contributed by atoms with Gasteiger partial charge in [-0.3, -0.25) is 9.59 Å². The van der Waals surface area contributed by atoms with Gasteiger partial charge in [0.05, 0.1) is 17.7 Å². The van der Waals surface area contributed by atoms with Crippen LogP contribution < -0.4 is 10.2 Å². The molecule has 0 aromatic heterocycles. The lowest BCUT2D eigenvalue weighted by molar-refractivity contribution is -0.121. The maximum absolute atomic E-state index is 12.5. The van der Waals surface area contributed by atoms with Crippen LogP contribution in [0.5, 0.6) is 0 Å². The molecule has 122 valence electrons. The summed E-state index contributed by atoms with van der Waals surface area (Å²) < 4.78 is 0. The fourth-order valence-electron chi connectivity index (χ4n) is 2.54. The van der Waals surface area contributed by atoms with Crippen molar-refractivity contribution < 1.29 is 19.5 Å². The predicted molar refractivity (Wildman–Crippen MR) is 89.4 cm³/mol. The van der Waals surface area contributed by atoms with Gasteiger partial charge >= 0.3 is 5.97 Å². The summed E-state index contributed by atoms with van der Waals surface area (Å²) in [6, 6.07) is 11.8. The second kappa shape index (κ2) is 6.33. The fourth-order valence-corrected chi connectivity index (χ4v) is 2.67. The third kappa shape index (κ3) is 3.09. The van der Waals surface area contributed by atoms with Gasteiger partial charge in [-0.1, -0.05) is 17.7 Å². The van der Waals surface area contributed by atoms with E-state index >= 15 is 0 Å². The minimum absolute atomic E-state index is 0.00123. The molecule has 3 rings (SSSR count). The molecule has 2 aromatic carbocycles. The van der Waals surface area contributed by atoms with Crippen molar-refractivity contribution in [2.24, 2.45) is 0 Å². The molecule has 1 aliphatic rings. The molecule has 1 saturated heterocycles. The molecule has 6 nitrogen and oxygen atoms in total. The lowest BCUT2D eigenvalue weighted by Crippen LogP contribution is -2.34. The summed E-state index contributed by atoms with van der Waals surface area (Å²) in [5.41, 5.74) is 0.944. The summed E-state index contributed by atoms with van der Waals surface area (Å²) >= 11 is 5.82. The molecule has 24 heavy (non-hydrogen) atoms. The number of rotatable bonds is 4. The molecule has 1 aliphatic heterocycles. The van der Waals surface area contributed by atoms with Crippen LogP contribution in [0.25, 0.3) is 0 Å². The van der Waals surface area contributed by atoms with Crippen LogP contribution >= 0.6 is 11.6 Å². The molecule has 1 unspecified atom stereocenters. The summed E-state index contributed by atoms with van der Waals surface area (Å²) in [5, 5.41) is 12.6. The molecule has 0 saturated carbocycles. The topological polar surface area (TPSA) is 86.7 Å². The zero-order chi connectivity index (χ0) is 17.3. The Balaban J connectivity index is 1.82. The fraction of sp³-hybridized carbons (Fsp3) is 0.118. The van der Waals surface area contributed by atoms with Gasteiger partial charge in [0.15, 0.2) is 0 Å². The number of hydrogen-bond donors (Lipinski definition) is 2. The first-order chi connectivity index (χ1) is 11.5. The van der Waals surface area contributed by atoms with E-state index in [1.807, 2.05) is 0 Å². The van der Waals surface area contributed by atoms with E-state index in [9.17, 15) is 14.4 Å². The van der Waals surface area contributed by atoms with E-state index in [2.05, 4.69) is 5.32 Å². The molecule has 0 radical (unpaired) electrons. The number of hydrogen-bond acceptors (Lipinski definition) is 4. The monoisotopic (exact) mass is 344 g/mol. The molecule has 2 amide bonds. The first kappa shape index (κ1) is 16.0. The number of anilines is 2. The van der Waals surface area contributed by atoms with Crippen LogP contribution in [0.2, 0.25) is 5.02 Å². The standard InChI is InChI=1S/C17H13ClN2O4/c18-11-4-6-12(7-5-11)19-14-9-15(21)20(16(14)22)13-3-1-2-10(8-13)17(23)24/h1-8,14,19H,9H2,(H,23,24). The number of carboxylic acid groups (broad SMARTS) is 1. The molecular formula is C17H13ClN2O4. The molecule has 2 aromatic rings. The Kier molecular flexibility index (Phi) is 4.22. The van der Waals surface area contributed by atoms with Crippen molar-refractivity contribution in [2.45, 2.75) is 12.5 Å². The SMILES string of the molecule is O=C(O)c1cccc(N2C(=O)CC(Nc3ccc(Cl)cc3)C2=O)c1. The van der Waals surface area contributed by atoms with Gasteiger partial charge in [0.25, 0.3) is 5.91 Å². The van der Waals surface area contributed by atoms with Crippen LogP contribution in [-0.4, -0.2) is 28.9 Å². The van der Waals surface area contributed by atoms with Crippen molar-refractivity contribution in [1.29, 1.82) is 0 Å². The molecule has 1 fully saturated rings. The zero-order valence-electron chi connectivity index (χ0n) is 12.4. The van der Waals surface area contributed by atoms with Crippen molar-refractivity contribution in [3.05, 3.63) is 59.1 Å². The molecule has 1 heterocycles. The number of halogens is 1. The van der Waals surface area contributed by atoms with Crippen molar-refractivity contribution in [2.75, 3.05) is 10.2 Å². The lowest BCUT2D eigenvalue weighted by atomic mass is 10.2.